The molecule has 0 unspecified atom stereocenters. The molecule has 0 radical (unpaired) electrons. The fraction of sp³-hybridized carbons (Fsp3) is 0.889. The molecule has 0 fully saturated rings. The first kappa shape index (κ1) is 43.4. The van der Waals surface area contributed by atoms with Gasteiger partial charge in [0.15, 0.2) is 0 Å². The largest absolute Gasteiger partial charge is 1.00 e. The SMILES string of the molecule is CC(C)(C)[O-].CC(C)(C)[O-].O=C([O-])[O-].[Cs+].[K+].[Na+].[Na+]. The summed E-state index contributed by atoms with van der Waals surface area (Å²) >= 11 is 0. The zero-order valence-corrected chi connectivity index (χ0v) is 26.9. The summed E-state index contributed by atoms with van der Waals surface area (Å²) in [5.41, 5.74) is -1.50. The maximum absolute atomic E-state index is 10.1. The maximum Gasteiger partial charge on any atom is 1.00 e. The molecule has 0 aliphatic carbocycles. The van der Waals surface area contributed by atoms with Crippen LogP contribution >= 0.6 is 0 Å². The van der Waals surface area contributed by atoms with Gasteiger partial charge in [0.2, 0.25) is 0 Å². The van der Waals surface area contributed by atoms with Gasteiger partial charge in [-0.25, -0.2) is 0 Å². The molecule has 0 saturated heterocycles. The van der Waals surface area contributed by atoms with Crippen molar-refractivity contribution in [1.29, 1.82) is 0 Å². The minimum atomic E-state index is -2.33. The van der Waals surface area contributed by atoms with Crippen LogP contribution in [0.25, 0.3) is 0 Å². The Balaban J connectivity index is -0.0000000183. The summed E-state index contributed by atoms with van der Waals surface area (Å²) in [6.07, 6.45) is -2.33. The predicted molar refractivity (Wildman–Crippen MR) is 44.9 cm³/mol. The topological polar surface area (TPSA) is 109 Å². The molecule has 5 nitrogen and oxygen atoms in total. The third-order valence-electron chi connectivity index (χ3n) is 0. The average molecular weight is 424 g/mol. The van der Waals surface area contributed by atoms with E-state index in [1.165, 1.54) is 0 Å². The van der Waals surface area contributed by atoms with Crippen molar-refractivity contribution in [3.63, 3.8) is 0 Å². The number of carbonyl (C=O) groups excluding carboxylic acids is 1. The van der Waals surface area contributed by atoms with Gasteiger partial charge in [-0.15, -0.1) is 11.2 Å². The summed E-state index contributed by atoms with van der Waals surface area (Å²) in [5.74, 6) is 0. The molecule has 0 heterocycles. The van der Waals surface area contributed by atoms with Crippen LogP contribution < -0.4 is 200 Å². The van der Waals surface area contributed by atoms with Gasteiger partial charge in [0.05, 0.1) is 0 Å². The molecular formula is C9H18CsKNa2O5. The number of hydrogen-bond donors (Lipinski definition) is 0. The number of carbonyl (C=O) groups is 1. The third kappa shape index (κ3) is 347. The molecule has 9 heteroatoms. The van der Waals surface area contributed by atoms with Gasteiger partial charge in [-0.3, -0.25) is 0 Å². The van der Waals surface area contributed by atoms with Crippen molar-refractivity contribution in [2.75, 3.05) is 0 Å². The maximum atomic E-state index is 10.1. The summed E-state index contributed by atoms with van der Waals surface area (Å²) in [6.45, 7) is 9.79. The normalized spacial score (nSPS) is 8.00. The van der Waals surface area contributed by atoms with E-state index in [1.54, 1.807) is 41.5 Å². The summed E-state index contributed by atoms with van der Waals surface area (Å²) in [6, 6.07) is 0. The van der Waals surface area contributed by atoms with Gasteiger partial charge >= 0.3 is 179 Å². The third-order valence-corrected chi connectivity index (χ3v) is 0. The van der Waals surface area contributed by atoms with E-state index < -0.39 is 17.4 Å². The Morgan fingerprint density at radius 1 is 0.778 bits per heavy atom. The van der Waals surface area contributed by atoms with E-state index in [0.29, 0.717) is 0 Å². The molecule has 0 N–H and O–H groups in total. The Bertz CT molecular complexity index is 132. The molecule has 88 valence electrons. The molecule has 0 aromatic rings. The number of hydrogen-bond acceptors (Lipinski definition) is 5. The van der Waals surface area contributed by atoms with Crippen molar-refractivity contribution in [1.82, 2.24) is 0 Å². The summed E-state index contributed by atoms with van der Waals surface area (Å²) in [5, 5.41) is 36.9. The van der Waals surface area contributed by atoms with E-state index in [-0.39, 0.29) is 179 Å². The van der Waals surface area contributed by atoms with E-state index in [0.717, 1.165) is 0 Å². The van der Waals surface area contributed by atoms with Crippen LogP contribution in [0.15, 0.2) is 0 Å². The first-order chi connectivity index (χ1) is 5.73. The van der Waals surface area contributed by atoms with Crippen LogP contribution in [-0.2, 0) is 0 Å². The standard InChI is InChI=1S/2C4H9O.CH2O3.Cs.K.2Na/c2*1-4(2,3)5;2-1(3)4;;;;/h2*1-3H3;(H2,2,3,4);;;;/q2*-1;;4*+1/p-2. The van der Waals surface area contributed by atoms with Crippen molar-refractivity contribution >= 4 is 6.16 Å². The molecular weight excluding hydrogens is 406 g/mol. The van der Waals surface area contributed by atoms with Crippen LogP contribution in [0.5, 0.6) is 0 Å². The second-order valence-electron chi connectivity index (χ2n) is 4.47. The molecule has 0 spiro atoms. The Hall–Kier alpha value is 4.88. The fourth-order valence-corrected chi connectivity index (χ4v) is 0. The summed E-state index contributed by atoms with van der Waals surface area (Å²) < 4.78 is 0. The van der Waals surface area contributed by atoms with Crippen LogP contribution in [0.3, 0.4) is 0 Å². The second-order valence-corrected chi connectivity index (χ2v) is 4.47. The molecule has 0 bridgehead atoms. The smallest absolute Gasteiger partial charge is 0.850 e. The summed E-state index contributed by atoms with van der Waals surface area (Å²) in [7, 11) is 0. The van der Waals surface area contributed by atoms with Gasteiger partial charge in [-0.1, -0.05) is 41.5 Å². The van der Waals surface area contributed by atoms with E-state index in [1.807, 2.05) is 0 Å². The van der Waals surface area contributed by atoms with Crippen LogP contribution in [0.2, 0.25) is 0 Å². The predicted octanol–water partition coefficient (Wildman–Crippen LogP) is -14.1. The Labute approximate surface area is 256 Å². The van der Waals surface area contributed by atoms with Crippen LogP contribution in [-0.4, -0.2) is 17.4 Å². The van der Waals surface area contributed by atoms with E-state index in [4.69, 9.17) is 15.0 Å². The molecule has 0 aromatic carbocycles. The zero-order valence-electron chi connectivity index (χ0n) is 13.5. The molecule has 0 amide bonds. The van der Waals surface area contributed by atoms with Gasteiger partial charge in [0.25, 0.3) is 0 Å². The molecule has 0 saturated carbocycles. The Morgan fingerprint density at radius 2 is 0.778 bits per heavy atom. The van der Waals surface area contributed by atoms with Gasteiger partial charge in [0, 0.05) is 0 Å². The minimum absolute atomic E-state index is 0. The van der Waals surface area contributed by atoms with Crippen molar-refractivity contribution in [3.05, 3.63) is 0 Å². The quantitative estimate of drug-likeness (QED) is 0.359. The number of rotatable bonds is 0. The van der Waals surface area contributed by atoms with E-state index in [2.05, 4.69) is 0 Å². The van der Waals surface area contributed by atoms with Gasteiger partial charge in [-0.2, -0.15) is 0 Å². The van der Waals surface area contributed by atoms with Crippen molar-refractivity contribution < 1.29 is 205 Å². The molecule has 0 rings (SSSR count). The Kier molecular flexibility index (Phi) is 58.2. The van der Waals surface area contributed by atoms with E-state index >= 15 is 0 Å². The van der Waals surface area contributed by atoms with E-state index in [9.17, 15) is 10.2 Å². The van der Waals surface area contributed by atoms with Crippen molar-refractivity contribution in [2.45, 2.75) is 52.7 Å². The zero-order chi connectivity index (χ0) is 12.6. The molecule has 0 aliphatic heterocycles. The molecule has 0 atom stereocenters. The molecule has 0 aromatic heterocycles. The van der Waals surface area contributed by atoms with Crippen LogP contribution in [0.1, 0.15) is 41.5 Å². The first-order valence-electron chi connectivity index (χ1n) is 4.02. The first-order valence-corrected chi connectivity index (χ1v) is 4.02. The average Bonchev–Trinajstić information content (AvgIpc) is 1.45. The summed E-state index contributed by atoms with van der Waals surface area (Å²) in [4.78, 5) is 8.33. The molecule has 0 aliphatic rings. The van der Waals surface area contributed by atoms with Gasteiger partial charge < -0.3 is 25.2 Å². The Morgan fingerprint density at radius 3 is 0.778 bits per heavy atom. The van der Waals surface area contributed by atoms with Crippen LogP contribution in [0.4, 0.5) is 4.79 Å². The second kappa shape index (κ2) is 24.1. The van der Waals surface area contributed by atoms with Crippen molar-refractivity contribution in [2.24, 2.45) is 0 Å². The monoisotopic (exact) mass is 424 g/mol. The van der Waals surface area contributed by atoms with Crippen molar-refractivity contribution in [3.8, 4) is 0 Å². The van der Waals surface area contributed by atoms with Gasteiger partial charge in [0.1, 0.15) is 0 Å². The number of carboxylic acid groups (broad SMARTS) is 2. The van der Waals surface area contributed by atoms with Crippen LogP contribution in [0, 0.1) is 0 Å². The molecule has 18 heavy (non-hydrogen) atoms. The fourth-order valence-electron chi connectivity index (χ4n) is 0. The minimum Gasteiger partial charge on any atom is -0.850 e. The van der Waals surface area contributed by atoms with Gasteiger partial charge in [-0.05, 0) is 6.16 Å².